The first kappa shape index (κ1) is 22.4. The molecular formula is C21H29N3O5S. The van der Waals surface area contributed by atoms with Crippen molar-refractivity contribution in [1.29, 1.82) is 0 Å². The maximum absolute atomic E-state index is 13.4. The van der Waals surface area contributed by atoms with Gasteiger partial charge in [0.15, 0.2) is 6.10 Å². The molecule has 30 heavy (non-hydrogen) atoms. The zero-order chi connectivity index (χ0) is 22.2. The lowest BCUT2D eigenvalue weighted by atomic mass is 9.98. The van der Waals surface area contributed by atoms with Gasteiger partial charge in [-0.3, -0.25) is 4.79 Å². The summed E-state index contributed by atoms with van der Waals surface area (Å²) in [4.78, 5) is 12.9. The van der Waals surface area contributed by atoms with Crippen molar-refractivity contribution < 1.29 is 22.4 Å². The number of benzene rings is 1. The van der Waals surface area contributed by atoms with Gasteiger partial charge in [-0.15, -0.1) is 10.2 Å². The van der Waals surface area contributed by atoms with Crippen LogP contribution in [0.15, 0.2) is 15.4 Å². The molecule has 1 aromatic heterocycles. The Morgan fingerprint density at radius 1 is 1.10 bits per heavy atom. The van der Waals surface area contributed by atoms with Crippen LogP contribution in [0.1, 0.15) is 59.9 Å². The van der Waals surface area contributed by atoms with Crippen molar-refractivity contribution in [3.8, 4) is 0 Å². The lowest BCUT2D eigenvalue weighted by molar-refractivity contribution is -0.156. The highest BCUT2D eigenvalue weighted by atomic mass is 32.2. The van der Waals surface area contributed by atoms with Crippen LogP contribution in [0.4, 0.5) is 0 Å². The number of hydrogen-bond donors (Lipinski definition) is 0. The number of nitrogens with zero attached hydrogens (tertiary/aromatic N) is 3. The first-order chi connectivity index (χ1) is 14.0. The average molecular weight is 436 g/mol. The fourth-order valence-corrected chi connectivity index (χ4v) is 5.87. The van der Waals surface area contributed by atoms with Crippen LogP contribution in [0.5, 0.6) is 0 Å². The van der Waals surface area contributed by atoms with E-state index in [2.05, 4.69) is 10.2 Å². The first-order valence-electron chi connectivity index (χ1n) is 10.1. The molecule has 1 unspecified atom stereocenters. The largest absolute Gasteiger partial charge is 0.452 e. The van der Waals surface area contributed by atoms with Crippen molar-refractivity contribution in [2.45, 2.75) is 65.4 Å². The highest BCUT2D eigenvalue weighted by Crippen LogP contribution is 2.32. The average Bonchev–Trinajstić information content (AvgIpc) is 3.13. The lowest BCUT2D eigenvalue weighted by Crippen LogP contribution is -2.41. The van der Waals surface area contributed by atoms with Crippen molar-refractivity contribution in [3.05, 3.63) is 40.1 Å². The van der Waals surface area contributed by atoms with E-state index in [1.807, 2.05) is 33.8 Å². The van der Waals surface area contributed by atoms with Gasteiger partial charge in [-0.25, -0.2) is 8.42 Å². The maximum Gasteiger partial charge on any atom is 0.309 e. The van der Waals surface area contributed by atoms with E-state index in [0.29, 0.717) is 23.6 Å². The van der Waals surface area contributed by atoms with Gasteiger partial charge in [0, 0.05) is 20.0 Å². The number of ether oxygens (including phenoxy) is 1. The molecule has 1 aliphatic rings. The van der Waals surface area contributed by atoms with E-state index in [9.17, 15) is 13.2 Å². The predicted molar refractivity (Wildman–Crippen MR) is 110 cm³/mol. The SMILES string of the molecule is Cc1nnc(C(C)OC(=O)C2CCN(S(=O)(=O)c3c(C)c(C)cc(C)c3C)CC2)o1. The summed E-state index contributed by atoms with van der Waals surface area (Å²) < 4.78 is 39.0. The molecule has 9 heteroatoms. The quantitative estimate of drug-likeness (QED) is 0.664. The Balaban J connectivity index is 1.69. The molecule has 0 aliphatic carbocycles. The fraction of sp³-hybridized carbons (Fsp3) is 0.571. The number of esters is 1. The molecule has 0 bridgehead atoms. The number of sulfonamides is 1. The van der Waals surface area contributed by atoms with Crippen LogP contribution < -0.4 is 0 Å². The molecule has 1 saturated heterocycles. The third-order valence-corrected chi connectivity index (χ3v) is 8.04. The normalized spacial score (nSPS) is 17.1. The third kappa shape index (κ3) is 4.27. The molecule has 1 aliphatic heterocycles. The van der Waals surface area contributed by atoms with Gasteiger partial charge in [-0.05, 0) is 69.7 Å². The number of carbonyl (C=O) groups excluding carboxylic acids is 1. The Hall–Kier alpha value is -2.26. The Kier molecular flexibility index (Phi) is 6.33. The van der Waals surface area contributed by atoms with Crippen molar-refractivity contribution in [1.82, 2.24) is 14.5 Å². The summed E-state index contributed by atoms with van der Waals surface area (Å²) in [6.45, 7) is 11.4. The second-order valence-electron chi connectivity index (χ2n) is 8.01. The molecule has 1 atom stereocenters. The minimum Gasteiger partial charge on any atom is -0.452 e. The Morgan fingerprint density at radius 3 is 2.17 bits per heavy atom. The van der Waals surface area contributed by atoms with E-state index in [1.54, 1.807) is 13.8 Å². The lowest BCUT2D eigenvalue weighted by Gasteiger charge is -2.31. The van der Waals surface area contributed by atoms with Gasteiger partial charge in [-0.2, -0.15) is 4.31 Å². The van der Waals surface area contributed by atoms with E-state index >= 15 is 0 Å². The summed E-state index contributed by atoms with van der Waals surface area (Å²) in [7, 11) is -3.63. The Morgan fingerprint density at radius 2 is 1.67 bits per heavy atom. The van der Waals surface area contributed by atoms with Crippen LogP contribution in [-0.4, -0.2) is 42.0 Å². The topological polar surface area (TPSA) is 103 Å². The molecule has 0 saturated carbocycles. The molecule has 2 aromatic rings. The summed E-state index contributed by atoms with van der Waals surface area (Å²) in [5.74, 6) is -0.0662. The summed E-state index contributed by atoms with van der Waals surface area (Å²) in [6, 6.07) is 2.01. The molecule has 2 heterocycles. The van der Waals surface area contributed by atoms with Crippen molar-refractivity contribution >= 4 is 16.0 Å². The van der Waals surface area contributed by atoms with Gasteiger partial charge in [0.25, 0.3) is 5.89 Å². The number of aryl methyl sites for hydroxylation is 3. The van der Waals surface area contributed by atoms with Gasteiger partial charge >= 0.3 is 5.97 Å². The highest BCUT2D eigenvalue weighted by Gasteiger charge is 2.35. The number of piperidine rings is 1. The fourth-order valence-electron chi connectivity index (χ4n) is 3.83. The molecule has 164 valence electrons. The van der Waals surface area contributed by atoms with Crippen LogP contribution in [0, 0.1) is 40.5 Å². The highest BCUT2D eigenvalue weighted by molar-refractivity contribution is 7.89. The van der Waals surface area contributed by atoms with Gasteiger partial charge in [0.05, 0.1) is 10.8 Å². The van der Waals surface area contributed by atoms with Crippen LogP contribution in [-0.2, 0) is 19.6 Å². The molecule has 1 aromatic carbocycles. The monoisotopic (exact) mass is 435 g/mol. The maximum atomic E-state index is 13.4. The molecule has 0 radical (unpaired) electrons. The van der Waals surface area contributed by atoms with Crippen LogP contribution >= 0.6 is 0 Å². The minimum absolute atomic E-state index is 0.252. The van der Waals surface area contributed by atoms with Crippen molar-refractivity contribution in [2.75, 3.05) is 13.1 Å². The summed E-state index contributed by atoms with van der Waals surface area (Å²) in [5, 5.41) is 7.61. The molecule has 1 fully saturated rings. The van der Waals surface area contributed by atoms with Crippen molar-refractivity contribution in [2.24, 2.45) is 5.92 Å². The Bertz CT molecular complexity index is 1030. The van der Waals surface area contributed by atoms with Crippen LogP contribution in [0.25, 0.3) is 0 Å². The summed E-state index contributed by atoms with van der Waals surface area (Å²) in [6.07, 6.45) is 0.189. The second kappa shape index (κ2) is 8.47. The molecule has 0 amide bonds. The Labute approximate surface area is 177 Å². The van der Waals surface area contributed by atoms with Gasteiger partial charge in [0.2, 0.25) is 15.9 Å². The zero-order valence-corrected chi connectivity index (χ0v) is 19.2. The zero-order valence-electron chi connectivity index (χ0n) is 18.4. The molecule has 3 rings (SSSR count). The van der Waals surface area contributed by atoms with Gasteiger partial charge < -0.3 is 9.15 Å². The molecular weight excluding hydrogens is 406 g/mol. The standard InChI is InChI=1S/C21H29N3O5S/c1-12-11-13(2)15(4)19(14(12)3)30(26,27)24-9-7-18(8-10-24)21(25)28-16(5)20-23-22-17(6)29-20/h11,16,18H,7-10H2,1-6H3. The summed E-state index contributed by atoms with van der Waals surface area (Å²) in [5.41, 5.74) is 3.48. The van der Waals surface area contributed by atoms with E-state index in [4.69, 9.17) is 9.15 Å². The van der Waals surface area contributed by atoms with Crippen molar-refractivity contribution in [3.63, 3.8) is 0 Å². The number of hydrogen-bond acceptors (Lipinski definition) is 7. The van der Waals surface area contributed by atoms with E-state index in [0.717, 1.165) is 22.3 Å². The smallest absolute Gasteiger partial charge is 0.309 e. The van der Waals surface area contributed by atoms with Crippen LogP contribution in [0.3, 0.4) is 0 Å². The van der Waals surface area contributed by atoms with E-state index in [-0.39, 0.29) is 30.9 Å². The predicted octanol–water partition coefficient (Wildman–Crippen LogP) is 3.32. The number of aromatic nitrogens is 2. The summed E-state index contributed by atoms with van der Waals surface area (Å²) >= 11 is 0. The third-order valence-electron chi connectivity index (χ3n) is 5.86. The number of rotatable bonds is 5. The minimum atomic E-state index is -3.63. The van der Waals surface area contributed by atoms with E-state index < -0.39 is 16.1 Å². The molecule has 0 spiro atoms. The molecule has 8 nitrogen and oxygen atoms in total. The van der Waals surface area contributed by atoms with E-state index in [1.165, 1.54) is 4.31 Å². The van der Waals surface area contributed by atoms with Gasteiger partial charge in [-0.1, -0.05) is 6.07 Å². The second-order valence-corrected chi connectivity index (χ2v) is 9.88. The first-order valence-corrected chi connectivity index (χ1v) is 11.5. The van der Waals surface area contributed by atoms with Gasteiger partial charge in [0.1, 0.15) is 0 Å². The number of carbonyl (C=O) groups is 1. The molecule has 0 N–H and O–H groups in total. The van der Waals surface area contributed by atoms with Crippen LogP contribution in [0.2, 0.25) is 0 Å².